The van der Waals surface area contributed by atoms with Crippen LogP contribution in [0.15, 0.2) is 24.3 Å². The fraction of sp³-hybridized carbons (Fsp3) is 0.808. The Morgan fingerprint density at radius 2 is 1.14 bits per heavy atom. The molecular weight excluding hydrogens is 486 g/mol. The normalized spacial score (nSPS) is 14.5. The molecule has 0 aliphatic heterocycles. The Labute approximate surface area is 214 Å². The van der Waals surface area contributed by atoms with Crippen molar-refractivity contribution in [3.8, 4) is 0 Å². The maximum absolute atomic E-state index is 13.0. The Balaban J connectivity index is 4.85. The highest BCUT2D eigenvalue weighted by atomic mass is 32.2. The largest absolute Gasteiger partial charge is 0.289 e. The molecule has 35 heavy (non-hydrogen) atoms. The number of amides is 1. The first kappa shape index (κ1) is 33.8. The third-order valence-corrected chi connectivity index (χ3v) is 10.4. The lowest BCUT2D eigenvalue weighted by Crippen LogP contribution is -2.54. The van der Waals surface area contributed by atoms with Gasteiger partial charge in [0.15, 0.2) is 24.4 Å². The van der Waals surface area contributed by atoms with Crippen LogP contribution in [-0.4, -0.2) is 50.0 Å². The number of carbonyl (C=O) groups excluding carboxylic acids is 1. The quantitative estimate of drug-likeness (QED) is 0.0795. The van der Waals surface area contributed by atoms with E-state index in [2.05, 4.69) is 13.8 Å². The summed E-state index contributed by atoms with van der Waals surface area (Å²) in [6.45, 7) is 5.39. The van der Waals surface area contributed by atoms with Gasteiger partial charge in [0.2, 0.25) is 0 Å². The minimum Gasteiger partial charge on any atom is -0.289 e. The second-order valence-corrected chi connectivity index (χ2v) is 14.1. The highest BCUT2D eigenvalue weighted by molar-refractivity contribution is 7.96. The molecular formula is C26H49NO6S2. The van der Waals surface area contributed by atoms with E-state index in [0.29, 0.717) is 0 Å². The molecule has 0 fully saturated rings. The van der Waals surface area contributed by atoms with Gasteiger partial charge in [0.05, 0.1) is 17.3 Å². The summed E-state index contributed by atoms with van der Waals surface area (Å²) < 4.78 is 48.9. The number of sulfone groups is 2. The lowest BCUT2D eigenvalue weighted by molar-refractivity contribution is -0.131. The highest BCUT2D eigenvalue weighted by Crippen LogP contribution is 2.22. The second-order valence-electron chi connectivity index (χ2n) is 9.56. The maximum atomic E-state index is 13.0. The standard InChI is InChI=1S/C26H49NO6S2/c1-4-6-8-10-12-14-16-18-20-22-34(30,31)24-26(3,25(28)27-29)35(32,33)23-21-19-17-15-13-11-9-7-5-2/h18-21,29H,4-17,22-24H2,1-3H3,(H,27,28). The number of hydrogen-bond donors (Lipinski definition) is 2. The van der Waals surface area contributed by atoms with Gasteiger partial charge in [-0.25, -0.2) is 22.3 Å². The van der Waals surface area contributed by atoms with Crippen LogP contribution in [0, 0.1) is 0 Å². The van der Waals surface area contributed by atoms with Gasteiger partial charge in [-0.3, -0.25) is 10.0 Å². The molecule has 9 heteroatoms. The van der Waals surface area contributed by atoms with Crippen LogP contribution in [0.5, 0.6) is 0 Å². The van der Waals surface area contributed by atoms with Gasteiger partial charge in [-0.1, -0.05) is 102 Å². The van der Waals surface area contributed by atoms with Gasteiger partial charge in [-0.05, 0) is 32.6 Å². The van der Waals surface area contributed by atoms with Crippen molar-refractivity contribution in [2.75, 3.05) is 17.3 Å². The monoisotopic (exact) mass is 535 g/mol. The molecule has 7 nitrogen and oxygen atoms in total. The molecule has 0 aromatic heterocycles. The first-order valence-corrected chi connectivity index (χ1v) is 16.7. The summed E-state index contributed by atoms with van der Waals surface area (Å²) in [6.07, 6.45) is 21.7. The summed E-state index contributed by atoms with van der Waals surface area (Å²) in [4.78, 5) is 12.3. The first-order valence-electron chi connectivity index (χ1n) is 13.2. The van der Waals surface area contributed by atoms with Gasteiger partial charge < -0.3 is 0 Å². The van der Waals surface area contributed by atoms with E-state index in [1.165, 1.54) is 62.6 Å². The molecule has 0 bridgehead atoms. The van der Waals surface area contributed by atoms with Gasteiger partial charge in [0, 0.05) is 0 Å². The van der Waals surface area contributed by atoms with Crippen LogP contribution in [0.25, 0.3) is 0 Å². The number of hydrogen-bond acceptors (Lipinski definition) is 6. The van der Waals surface area contributed by atoms with Crippen molar-refractivity contribution in [1.82, 2.24) is 5.48 Å². The third-order valence-electron chi connectivity index (χ3n) is 6.21. The molecule has 0 aromatic carbocycles. The average molecular weight is 536 g/mol. The van der Waals surface area contributed by atoms with Crippen molar-refractivity contribution in [2.24, 2.45) is 0 Å². The molecule has 1 atom stereocenters. The Morgan fingerprint density at radius 1 is 0.714 bits per heavy atom. The molecule has 0 spiro atoms. The molecule has 1 amide bonds. The topological polar surface area (TPSA) is 118 Å². The van der Waals surface area contributed by atoms with Crippen LogP contribution in [0.2, 0.25) is 0 Å². The summed E-state index contributed by atoms with van der Waals surface area (Å²) in [6, 6.07) is 0. The van der Waals surface area contributed by atoms with E-state index in [0.717, 1.165) is 51.9 Å². The van der Waals surface area contributed by atoms with Gasteiger partial charge in [0.25, 0.3) is 5.91 Å². The van der Waals surface area contributed by atoms with Crippen LogP contribution < -0.4 is 5.48 Å². The zero-order valence-corrected chi connectivity index (χ0v) is 23.8. The molecule has 1 unspecified atom stereocenters. The van der Waals surface area contributed by atoms with Gasteiger partial charge >= 0.3 is 0 Å². The molecule has 0 aromatic rings. The minimum absolute atomic E-state index is 0.347. The van der Waals surface area contributed by atoms with Crippen molar-refractivity contribution >= 4 is 25.6 Å². The zero-order valence-electron chi connectivity index (χ0n) is 22.1. The smallest absolute Gasteiger partial charge is 0.265 e. The Bertz CT molecular complexity index is 834. The van der Waals surface area contributed by atoms with Gasteiger partial charge in [-0.2, -0.15) is 0 Å². The fourth-order valence-electron chi connectivity index (χ4n) is 3.81. The fourth-order valence-corrected chi connectivity index (χ4v) is 7.67. The Kier molecular flexibility index (Phi) is 18.3. The number of carbonyl (C=O) groups is 1. The van der Waals surface area contributed by atoms with Crippen LogP contribution in [0.3, 0.4) is 0 Å². The highest BCUT2D eigenvalue weighted by Gasteiger charge is 2.48. The number of unbranched alkanes of at least 4 members (excludes halogenated alkanes) is 12. The minimum atomic E-state index is -4.18. The van der Waals surface area contributed by atoms with E-state index in [1.807, 2.05) is 0 Å². The molecule has 0 rings (SSSR count). The van der Waals surface area contributed by atoms with E-state index in [4.69, 9.17) is 5.21 Å². The van der Waals surface area contributed by atoms with Crippen LogP contribution in [-0.2, 0) is 24.5 Å². The van der Waals surface area contributed by atoms with E-state index < -0.39 is 41.8 Å². The molecule has 0 saturated heterocycles. The predicted molar refractivity (Wildman–Crippen MR) is 145 cm³/mol. The number of nitrogens with one attached hydrogen (secondary N) is 1. The van der Waals surface area contributed by atoms with Crippen molar-refractivity contribution in [2.45, 2.75) is 115 Å². The predicted octanol–water partition coefficient (Wildman–Crippen LogP) is 5.69. The molecule has 206 valence electrons. The lowest BCUT2D eigenvalue weighted by Gasteiger charge is -2.26. The van der Waals surface area contributed by atoms with Gasteiger partial charge in [-0.15, -0.1) is 0 Å². The molecule has 2 N–H and O–H groups in total. The van der Waals surface area contributed by atoms with Crippen LogP contribution >= 0.6 is 0 Å². The number of allylic oxidation sites excluding steroid dienone is 2. The third kappa shape index (κ3) is 14.8. The molecule has 0 saturated carbocycles. The molecule has 0 aliphatic carbocycles. The lowest BCUT2D eigenvalue weighted by atomic mass is 10.1. The van der Waals surface area contributed by atoms with Crippen molar-refractivity contribution in [3.05, 3.63) is 24.3 Å². The van der Waals surface area contributed by atoms with Gasteiger partial charge in [0.1, 0.15) is 0 Å². The van der Waals surface area contributed by atoms with Crippen molar-refractivity contribution < 1.29 is 26.8 Å². The number of hydroxylamine groups is 1. The van der Waals surface area contributed by atoms with E-state index >= 15 is 0 Å². The molecule has 0 radical (unpaired) electrons. The SMILES string of the molecule is CCCCCCCCC=CCS(=O)(=O)CC(C)(C(=O)NO)S(=O)(=O)CC=CCCCCCCCC. The second kappa shape index (κ2) is 19.0. The van der Waals surface area contributed by atoms with Crippen LogP contribution in [0.1, 0.15) is 111 Å². The number of rotatable bonds is 22. The van der Waals surface area contributed by atoms with E-state index in [-0.39, 0.29) is 5.75 Å². The summed E-state index contributed by atoms with van der Waals surface area (Å²) in [5.74, 6) is -2.93. The Hall–Kier alpha value is -1.19. The van der Waals surface area contributed by atoms with Crippen molar-refractivity contribution in [1.29, 1.82) is 0 Å². The molecule has 0 heterocycles. The average Bonchev–Trinajstić information content (AvgIpc) is 2.80. The van der Waals surface area contributed by atoms with Crippen LogP contribution in [0.4, 0.5) is 0 Å². The van der Waals surface area contributed by atoms with E-state index in [9.17, 15) is 21.6 Å². The van der Waals surface area contributed by atoms with E-state index in [1.54, 1.807) is 12.2 Å². The maximum Gasteiger partial charge on any atom is 0.265 e. The summed E-state index contributed by atoms with van der Waals surface area (Å²) in [7, 11) is -8.08. The summed E-state index contributed by atoms with van der Waals surface area (Å²) >= 11 is 0. The summed E-state index contributed by atoms with van der Waals surface area (Å²) in [5, 5.41) is 9.12. The molecule has 0 aliphatic rings. The first-order chi connectivity index (χ1) is 16.6. The zero-order chi connectivity index (χ0) is 26.6. The van der Waals surface area contributed by atoms with Crippen molar-refractivity contribution in [3.63, 3.8) is 0 Å². The summed E-state index contributed by atoms with van der Waals surface area (Å²) in [5.41, 5.74) is 1.35. The Morgan fingerprint density at radius 3 is 1.60 bits per heavy atom.